The topological polar surface area (TPSA) is 137 Å². The van der Waals surface area contributed by atoms with Crippen LogP contribution >= 0.6 is 0 Å². The van der Waals surface area contributed by atoms with Crippen LogP contribution in [-0.4, -0.2) is 30.8 Å². The first-order valence-corrected chi connectivity index (χ1v) is 4.59. The van der Waals surface area contributed by atoms with E-state index in [2.05, 4.69) is 9.97 Å². The third kappa shape index (κ3) is 1.47. The summed E-state index contributed by atoms with van der Waals surface area (Å²) in [6.45, 7) is -0.503. The second-order valence-electron chi connectivity index (χ2n) is 3.20. The lowest BCUT2D eigenvalue weighted by molar-refractivity contribution is 0.274. The fourth-order valence-corrected chi connectivity index (χ4v) is 1.54. The van der Waals surface area contributed by atoms with E-state index in [9.17, 15) is 14.4 Å². The second kappa shape index (κ2) is 3.76. The molecule has 2 rings (SSSR count). The maximum absolute atomic E-state index is 11.7. The highest BCUT2D eigenvalue weighted by molar-refractivity contribution is 5.68. The highest BCUT2D eigenvalue weighted by Gasteiger charge is 2.14. The predicted molar refractivity (Wildman–Crippen MR) is 55.5 cm³/mol. The summed E-state index contributed by atoms with van der Waals surface area (Å²) in [5, 5.41) is 17.5. The normalized spacial score (nSPS) is 10.6. The molecule has 0 bridgehead atoms. The van der Waals surface area contributed by atoms with E-state index in [1.54, 1.807) is 0 Å². The summed E-state index contributed by atoms with van der Waals surface area (Å²) in [5.74, 6) is 0. The molecule has 0 unspecified atom stereocenters. The van der Waals surface area contributed by atoms with Gasteiger partial charge in [0.2, 0.25) is 0 Å². The predicted octanol–water partition coefficient (Wildman–Crippen LogP) is -2.50. The molecule has 88 valence electrons. The van der Waals surface area contributed by atoms with E-state index < -0.39 is 16.9 Å². The van der Waals surface area contributed by atoms with Gasteiger partial charge in [0.1, 0.15) is 5.65 Å². The molecule has 17 heavy (non-hydrogen) atoms. The summed E-state index contributed by atoms with van der Waals surface area (Å²) >= 11 is 0. The van der Waals surface area contributed by atoms with E-state index in [1.165, 1.54) is 6.19 Å². The van der Waals surface area contributed by atoms with Crippen molar-refractivity contribution in [3.63, 3.8) is 0 Å². The molecule has 0 aliphatic rings. The van der Waals surface area contributed by atoms with E-state index in [1.807, 2.05) is 0 Å². The number of aromatic nitrogens is 4. The molecule has 0 radical (unpaired) electrons. The smallest absolute Gasteiger partial charge is 0.346 e. The molecular formula is C8H7N5O4. The molecule has 0 aromatic carbocycles. The first-order chi connectivity index (χ1) is 8.10. The van der Waals surface area contributed by atoms with Crippen LogP contribution in [0.15, 0.2) is 14.4 Å². The summed E-state index contributed by atoms with van der Waals surface area (Å²) < 4.78 is 1.25. The Labute approximate surface area is 92.2 Å². The summed E-state index contributed by atoms with van der Waals surface area (Å²) in [6.07, 6.45) is 1.42. The zero-order valence-corrected chi connectivity index (χ0v) is 8.43. The standard InChI is InChI=1S/C8H7N5O4/c9-3-13-6(15)4-5(11-7(16)10-4)12(1-2-14)8(13)17/h14H,1-2H2,(H2,10,11,16). The Balaban J connectivity index is 3.07. The minimum Gasteiger partial charge on any atom is -0.395 e. The highest BCUT2D eigenvalue weighted by atomic mass is 16.3. The van der Waals surface area contributed by atoms with E-state index in [-0.39, 0.29) is 24.3 Å². The van der Waals surface area contributed by atoms with E-state index >= 15 is 0 Å². The van der Waals surface area contributed by atoms with Crippen molar-refractivity contribution in [2.45, 2.75) is 6.54 Å². The molecule has 9 nitrogen and oxygen atoms in total. The monoisotopic (exact) mass is 237 g/mol. The lowest BCUT2D eigenvalue weighted by Gasteiger charge is -2.04. The molecule has 0 spiro atoms. The molecule has 2 heterocycles. The first kappa shape index (κ1) is 10.9. The number of nitrogens with one attached hydrogen (secondary N) is 2. The van der Waals surface area contributed by atoms with Crippen LogP contribution in [0, 0.1) is 11.5 Å². The Bertz CT molecular complexity index is 783. The largest absolute Gasteiger partial charge is 0.395 e. The molecule has 0 amide bonds. The van der Waals surface area contributed by atoms with E-state index in [0.717, 1.165) is 4.57 Å². The van der Waals surface area contributed by atoms with Crippen molar-refractivity contribution >= 4 is 11.2 Å². The van der Waals surface area contributed by atoms with Crippen LogP contribution in [0.5, 0.6) is 0 Å². The van der Waals surface area contributed by atoms with Gasteiger partial charge in [0.05, 0.1) is 13.2 Å². The highest BCUT2D eigenvalue weighted by Crippen LogP contribution is 1.97. The van der Waals surface area contributed by atoms with Gasteiger partial charge in [-0.15, -0.1) is 0 Å². The SMILES string of the molecule is N#Cn1c(=O)c2[nH]c(=O)[nH]c2n(CCO)c1=O. The number of aliphatic hydroxyl groups excluding tert-OH is 1. The molecule has 0 saturated carbocycles. The summed E-state index contributed by atoms with van der Waals surface area (Å²) in [7, 11) is 0. The van der Waals surface area contributed by atoms with Gasteiger partial charge in [0, 0.05) is 0 Å². The van der Waals surface area contributed by atoms with Gasteiger partial charge < -0.3 is 5.11 Å². The van der Waals surface area contributed by atoms with Gasteiger partial charge in [0.15, 0.2) is 11.7 Å². The van der Waals surface area contributed by atoms with Crippen molar-refractivity contribution in [2.24, 2.45) is 0 Å². The fraction of sp³-hybridized carbons (Fsp3) is 0.250. The molecule has 0 aliphatic carbocycles. The maximum Gasteiger partial charge on any atom is 0.346 e. The van der Waals surface area contributed by atoms with Crippen LogP contribution < -0.4 is 16.9 Å². The van der Waals surface area contributed by atoms with Crippen molar-refractivity contribution in [3.05, 3.63) is 31.3 Å². The number of hydrogen-bond donors (Lipinski definition) is 3. The lowest BCUT2D eigenvalue weighted by atomic mass is 10.5. The number of imidazole rings is 1. The Morgan fingerprint density at radius 1 is 1.29 bits per heavy atom. The number of hydrogen-bond acceptors (Lipinski definition) is 5. The quantitative estimate of drug-likeness (QED) is 0.530. The van der Waals surface area contributed by atoms with Crippen molar-refractivity contribution in [1.82, 2.24) is 19.1 Å². The molecule has 2 aromatic rings. The van der Waals surface area contributed by atoms with Gasteiger partial charge in [-0.1, -0.05) is 0 Å². The van der Waals surface area contributed by atoms with E-state index in [4.69, 9.17) is 10.4 Å². The van der Waals surface area contributed by atoms with Crippen LogP contribution in [0.1, 0.15) is 0 Å². The summed E-state index contributed by atoms with van der Waals surface area (Å²) in [5.41, 5.74) is -2.69. The van der Waals surface area contributed by atoms with Crippen molar-refractivity contribution in [2.75, 3.05) is 6.61 Å². The average Bonchev–Trinajstić information content (AvgIpc) is 2.67. The number of nitrogens with zero attached hydrogens (tertiary/aromatic N) is 3. The Kier molecular flexibility index (Phi) is 2.41. The molecule has 0 fully saturated rings. The number of aliphatic hydroxyl groups is 1. The van der Waals surface area contributed by atoms with Crippen LogP contribution in [0.25, 0.3) is 11.2 Å². The number of rotatable bonds is 2. The molecule has 9 heteroatoms. The summed E-state index contributed by atoms with van der Waals surface area (Å²) in [4.78, 5) is 38.9. The maximum atomic E-state index is 11.7. The van der Waals surface area contributed by atoms with Gasteiger partial charge in [0.25, 0.3) is 5.56 Å². The zero-order valence-electron chi connectivity index (χ0n) is 8.43. The van der Waals surface area contributed by atoms with Gasteiger partial charge in [-0.05, 0) is 0 Å². The number of fused-ring (bicyclic) bond motifs is 1. The third-order valence-electron chi connectivity index (χ3n) is 2.24. The molecule has 2 aromatic heterocycles. The molecular weight excluding hydrogens is 230 g/mol. The molecule has 0 aliphatic heterocycles. The van der Waals surface area contributed by atoms with Crippen LogP contribution in [0.4, 0.5) is 0 Å². The average molecular weight is 237 g/mol. The number of H-pyrrole nitrogens is 2. The molecule has 0 saturated heterocycles. The third-order valence-corrected chi connectivity index (χ3v) is 2.24. The second-order valence-corrected chi connectivity index (χ2v) is 3.20. The fourth-order valence-electron chi connectivity index (χ4n) is 1.54. The van der Waals surface area contributed by atoms with Crippen molar-refractivity contribution in [1.29, 1.82) is 5.26 Å². The van der Waals surface area contributed by atoms with Crippen LogP contribution in [-0.2, 0) is 6.54 Å². The Morgan fingerprint density at radius 2 is 2.00 bits per heavy atom. The number of aromatic amines is 2. The van der Waals surface area contributed by atoms with Crippen molar-refractivity contribution in [3.8, 4) is 6.19 Å². The lowest BCUT2D eigenvalue weighted by Crippen LogP contribution is -2.38. The van der Waals surface area contributed by atoms with E-state index in [0.29, 0.717) is 4.57 Å². The van der Waals surface area contributed by atoms with Crippen molar-refractivity contribution < 1.29 is 5.11 Å². The molecule has 0 atom stereocenters. The Morgan fingerprint density at radius 3 is 2.59 bits per heavy atom. The van der Waals surface area contributed by atoms with Crippen LogP contribution in [0.3, 0.4) is 0 Å². The summed E-state index contributed by atoms with van der Waals surface area (Å²) in [6, 6.07) is 0. The minimum atomic E-state index is -0.908. The number of nitriles is 1. The minimum absolute atomic E-state index is 0.0365. The van der Waals surface area contributed by atoms with Gasteiger partial charge in [-0.25, -0.2) is 9.59 Å². The van der Waals surface area contributed by atoms with Crippen LogP contribution in [0.2, 0.25) is 0 Å². The zero-order chi connectivity index (χ0) is 12.6. The van der Waals surface area contributed by atoms with Gasteiger partial charge in [-0.2, -0.15) is 9.83 Å². The Hall–Kier alpha value is -2.60. The van der Waals surface area contributed by atoms with Gasteiger partial charge in [-0.3, -0.25) is 19.3 Å². The first-order valence-electron chi connectivity index (χ1n) is 4.59. The molecule has 3 N–H and O–H groups in total. The van der Waals surface area contributed by atoms with Gasteiger partial charge >= 0.3 is 11.4 Å².